The maximum absolute atomic E-state index is 11.6. The topological polar surface area (TPSA) is 72.2 Å². The first-order valence-electron chi connectivity index (χ1n) is 4.56. The molecule has 1 aliphatic rings. The zero-order valence-electron chi connectivity index (χ0n) is 7.90. The first kappa shape index (κ1) is 10.8. The first-order valence-corrected chi connectivity index (χ1v) is 6.89. The van der Waals surface area contributed by atoms with E-state index >= 15 is 0 Å². The van der Waals surface area contributed by atoms with E-state index in [9.17, 15) is 8.42 Å². The molecule has 6 heteroatoms. The van der Waals surface area contributed by atoms with Gasteiger partial charge in [-0.2, -0.15) is 0 Å². The Morgan fingerprint density at radius 3 is 2.60 bits per heavy atom. The van der Waals surface area contributed by atoms with Crippen molar-refractivity contribution < 1.29 is 8.42 Å². The van der Waals surface area contributed by atoms with Gasteiger partial charge < -0.3 is 5.73 Å². The van der Waals surface area contributed by atoms with Crippen molar-refractivity contribution in [3.63, 3.8) is 0 Å². The summed E-state index contributed by atoms with van der Waals surface area (Å²) < 4.78 is 26.5. The molecule has 0 bridgehead atoms. The van der Waals surface area contributed by atoms with Gasteiger partial charge in [0.2, 0.25) is 10.0 Å². The van der Waals surface area contributed by atoms with Crippen LogP contribution in [-0.4, -0.2) is 13.7 Å². The maximum atomic E-state index is 11.6. The van der Waals surface area contributed by atoms with Gasteiger partial charge in [0.25, 0.3) is 0 Å². The number of nitrogens with two attached hydrogens (primary N) is 1. The van der Waals surface area contributed by atoms with Crippen LogP contribution in [0.5, 0.6) is 0 Å². The molecule has 0 spiro atoms. The molecule has 0 aliphatic heterocycles. The van der Waals surface area contributed by atoms with Gasteiger partial charge >= 0.3 is 0 Å². The number of benzene rings is 1. The number of hydrogen-bond acceptors (Lipinski definition) is 3. The highest BCUT2D eigenvalue weighted by Gasteiger charge is 2.35. The van der Waals surface area contributed by atoms with Crippen LogP contribution in [-0.2, 0) is 10.0 Å². The molecule has 1 aliphatic carbocycles. The van der Waals surface area contributed by atoms with Crippen LogP contribution < -0.4 is 10.5 Å². The van der Waals surface area contributed by atoms with E-state index in [1.54, 1.807) is 18.2 Å². The van der Waals surface area contributed by atoms with Gasteiger partial charge in [0.05, 0.1) is 10.9 Å². The predicted octanol–water partition coefficient (Wildman–Crippen LogP) is 1.94. The largest absolute Gasteiger partial charge is 0.398 e. The lowest BCUT2D eigenvalue weighted by atomic mass is 10.3. The standard InChI is InChI=1S/C9H11BrN2O2S/c10-8-4-1-6(5-9(8)11)12-15(13,14)7-2-3-7/h1,4-5,7,12H,2-3,11H2. The Kier molecular flexibility index (Phi) is 2.64. The quantitative estimate of drug-likeness (QED) is 0.836. The van der Waals surface area contributed by atoms with E-state index in [-0.39, 0.29) is 5.25 Å². The zero-order chi connectivity index (χ0) is 11.1. The van der Waals surface area contributed by atoms with Gasteiger partial charge in [-0.1, -0.05) is 0 Å². The third-order valence-corrected chi connectivity index (χ3v) is 4.81. The molecule has 4 nitrogen and oxygen atoms in total. The van der Waals surface area contributed by atoms with E-state index in [4.69, 9.17) is 5.73 Å². The number of sulfonamides is 1. The van der Waals surface area contributed by atoms with Crippen molar-refractivity contribution in [2.45, 2.75) is 18.1 Å². The number of hydrogen-bond donors (Lipinski definition) is 2. The molecule has 0 atom stereocenters. The molecule has 0 unspecified atom stereocenters. The maximum Gasteiger partial charge on any atom is 0.235 e. The smallest absolute Gasteiger partial charge is 0.235 e. The fourth-order valence-corrected chi connectivity index (χ4v) is 2.86. The summed E-state index contributed by atoms with van der Waals surface area (Å²) in [5.74, 6) is 0. The molecular weight excluding hydrogens is 280 g/mol. The van der Waals surface area contributed by atoms with Crippen LogP contribution in [0.2, 0.25) is 0 Å². The molecule has 15 heavy (non-hydrogen) atoms. The van der Waals surface area contributed by atoms with Gasteiger partial charge in [-0.3, -0.25) is 4.72 Å². The molecule has 1 fully saturated rings. The summed E-state index contributed by atoms with van der Waals surface area (Å²) in [5.41, 5.74) is 6.69. The zero-order valence-corrected chi connectivity index (χ0v) is 10.3. The lowest BCUT2D eigenvalue weighted by Crippen LogP contribution is -2.17. The van der Waals surface area contributed by atoms with Crippen molar-refractivity contribution in [1.29, 1.82) is 0 Å². The van der Waals surface area contributed by atoms with Gasteiger partial charge in [-0.25, -0.2) is 8.42 Å². The van der Waals surface area contributed by atoms with Crippen LogP contribution in [0.1, 0.15) is 12.8 Å². The van der Waals surface area contributed by atoms with Crippen LogP contribution >= 0.6 is 15.9 Å². The van der Waals surface area contributed by atoms with Crippen molar-refractivity contribution in [3.05, 3.63) is 22.7 Å². The van der Waals surface area contributed by atoms with Gasteiger partial charge in [0.15, 0.2) is 0 Å². The Balaban J connectivity index is 2.21. The molecule has 1 saturated carbocycles. The number of nitrogens with one attached hydrogen (secondary N) is 1. The lowest BCUT2D eigenvalue weighted by Gasteiger charge is -2.08. The van der Waals surface area contributed by atoms with Gasteiger partial charge in [-0.05, 0) is 47.0 Å². The summed E-state index contributed by atoms with van der Waals surface area (Å²) in [6.07, 6.45) is 1.50. The summed E-state index contributed by atoms with van der Waals surface area (Å²) in [5, 5.41) is -0.220. The lowest BCUT2D eigenvalue weighted by molar-refractivity contribution is 0.600. The second kappa shape index (κ2) is 3.68. The molecule has 2 rings (SSSR count). The van der Waals surface area contributed by atoms with Crippen molar-refractivity contribution >= 4 is 37.3 Å². The van der Waals surface area contributed by atoms with E-state index in [1.807, 2.05) is 0 Å². The van der Waals surface area contributed by atoms with E-state index in [0.717, 1.165) is 17.3 Å². The number of halogens is 1. The molecule has 0 aromatic heterocycles. The molecule has 0 saturated heterocycles. The summed E-state index contributed by atoms with van der Waals surface area (Å²) >= 11 is 3.25. The highest BCUT2D eigenvalue weighted by molar-refractivity contribution is 9.10. The second-order valence-electron chi connectivity index (χ2n) is 3.58. The molecule has 3 N–H and O–H groups in total. The third kappa shape index (κ3) is 2.43. The average molecular weight is 291 g/mol. The summed E-state index contributed by atoms with van der Waals surface area (Å²) in [4.78, 5) is 0. The first-order chi connectivity index (χ1) is 6.99. The fourth-order valence-electron chi connectivity index (χ4n) is 1.23. The Labute approximate surface area is 97.0 Å². The van der Waals surface area contributed by atoms with Crippen LogP contribution in [0, 0.1) is 0 Å². The van der Waals surface area contributed by atoms with Crippen LogP contribution in [0.15, 0.2) is 22.7 Å². The normalized spacial score (nSPS) is 16.3. The van der Waals surface area contributed by atoms with Gasteiger partial charge in [0, 0.05) is 10.2 Å². The van der Waals surface area contributed by atoms with E-state index in [1.165, 1.54) is 0 Å². The highest BCUT2D eigenvalue weighted by Crippen LogP contribution is 2.31. The van der Waals surface area contributed by atoms with Crippen molar-refractivity contribution in [2.75, 3.05) is 10.5 Å². The Morgan fingerprint density at radius 2 is 2.07 bits per heavy atom. The fraction of sp³-hybridized carbons (Fsp3) is 0.333. The highest BCUT2D eigenvalue weighted by atomic mass is 79.9. The van der Waals surface area contributed by atoms with Crippen molar-refractivity contribution in [2.24, 2.45) is 0 Å². The molecule has 0 radical (unpaired) electrons. The average Bonchev–Trinajstić information content (AvgIpc) is 2.93. The molecule has 82 valence electrons. The Bertz CT molecular complexity index is 483. The number of anilines is 2. The minimum Gasteiger partial charge on any atom is -0.398 e. The SMILES string of the molecule is Nc1cc(NS(=O)(=O)C2CC2)ccc1Br. The summed E-state index contributed by atoms with van der Waals surface area (Å²) in [7, 11) is -3.19. The third-order valence-electron chi connectivity index (χ3n) is 2.22. The van der Waals surface area contributed by atoms with Gasteiger partial charge in [-0.15, -0.1) is 0 Å². The van der Waals surface area contributed by atoms with Crippen molar-refractivity contribution in [1.82, 2.24) is 0 Å². The molecular formula is C9H11BrN2O2S. The summed E-state index contributed by atoms with van der Waals surface area (Å²) in [6, 6.07) is 5.00. The minimum absolute atomic E-state index is 0.220. The molecule has 0 amide bonds. The van der Waals surface area contributed by atoms with Crippen LogP contribution in [0.25, 0.3) is 0 Å². The van der Waals surface area contributed by atoms with E-state index < -0.39 is 10.0 Å². The molecule has 1 aromatic carbocycles. The second-order valence-corrected chi connectivity index (χ2v) is 6.40. The van der Waals surface area contributed by atoms with E-state index in [2.05, 4.69) is 20.7 Å². The molecule has 0 heterocycles. The molecule has 1 aromatic rings. The summed E-state index contributed by atoms with van der Waals surface area (Å²) in [6.45, 7) is 0. The monoisotopic (exact) mass is 290 g/mol. The van der Waals surface area contributed by atoms with Crippen LogP contribution in [0.4, 0.5) is 11.4 Å². The number of rotatable bonds is 3. The van der Waals surface area contributed by atoms with Gasteiger partial charge in [0.1, 0.15) is 0 Å². The van der Waals surface area contributed by atoms with Crippen molar-refractivity contribution in [3.8, 4) is 0 Å². The number of nitrogen functional groups attached to an aromatic ring is 1. The van der Waals surface area contributed by atoms with E-state index in [0.29, 0.717) is 11.4 Å². The minimum atomic E-state index is -3.19. The Hall–Kier alpha value is -0.750. The Morgan fingerprint density at radius 1 is 1.40 bits per heavy atom. The van der Waals surface area contributed by atoms with Crippen LogP contribution in [0.3, 0.4) is 0 Å². The predicted molar refractivity (Wildman–Crippen MR) is 64.1 cm³/mol.